The van der Waals surface area contributed by atoms with Crippen LogP contribution < -0.4 is 4.90 Å². The van der Waals surface area contributed by atoms with Crippen LogP contribution in [0, 0.1) is 5.92 Å². The monoisotopic (exact) mass is 390 g/mol. The molecule has 0 radical (unpaired) electrons. The van der Waals surface area contributed by atoms with Gasteiger partial charge in [0.15, 0.2) is 5.13 Å². The van der Waals surface area contributed by atoms with Gasteiger partial charge in [0.25, 0.3) is 0 Å². The number of thiazole rings is 1. The second kappa shape index (κ2) is 6.93. The lowest BCUT2D eigenvalue weighted by molar-refractivity contribution is 0.163. The van der Waals surface area contributed by atoms with E-state index in [1.807, 2.05) is 0 Å². The summed E-state index contributed by atoms with van der Waals surface area (Å²) in [5, 5.41) is 10.1. The smallest absolute Gasteiger partial charge is 0.412 e. The quantitative estimate of drug-likeness (QED) is 0.803. The van der Waals surface area contributed by atoms with Gasteiger partial charge in [0.2, 0.25) is 0 Å². The first-order chi connectivity index (χ1) is 12.5. The Kier molecular flexibility index (Phi) is 5.10. The molecule has 1 aromatic rings. The summed E-state index contributed by atoms with van der Waals surface area (Å²) in [6.07, 6.45) is 4.66. The van der Waals surface area contributed by atoms with Crippen molar-refractivity contribution in [1.82, 2.24) is 9.88 Å². The Morgan fingerprint density at radius 1 is 1.30 bits per heavy atom. The van der Waals surface area contributed by atoms with E-state index in [4.69, 9.17) is 10.1 Å². The molecule has 0 spiro atoms. The van der Waals surface area contributed by atoms with Crippen molar-refractivity contribution in [3.63, 3.8) is 0 Å². The summed E-state index contributed by atoms with van der Waals surface area (Å²) in [4.78, 5) is 25.4. The average molecular weight is 391 g/mol. The predicted octanol–water partition coefficient (Wildman–Crippen LogP) is 4.82. The number of aromatic nitrogens is 1. The molecule has 0 saturated heterocycles. The maximum absolute atomic E-state index is 11.1. The number of aliphatic imine (C=N–C) groups is 1. The first kappa shape index (κ1) is 19.9. The van der Waals surface area contributed by atoms with Gasteiger partial charge in [-0.25, -0.2) is 14.8 Å². The van der Waals surface area contributed by atoms with E-state index < -0.39 is 6.09 Å². The Labute approximate surface area is 165 Å². The molecule has 1 N–H and O–H groups in total. The molecule has 0 unspecified atom stereocenters. The van der Waals surface area contributed by atoms with Crippen molar-refractivity contribution in [2.24, 2.45) is 10.9 Å². The summed E-state index contributed by atoms with van der Waals surface area (Å²) >= 11 is 1.77. The number of hydrogen-bond donors (Lipinski definition) is 1. The van der Waals surface area contributed by atoms with Crippen LogP contribution in [0.4, 0.5) is 9.93 Å². The summed E-state index contributed by atoms with van der Waals surface area (Å²) in [5.74, 6) is 1.21. The van der Waals surface area contributed by atoms with E-state index in [-0.39, 0.29) is 17.5 Å². The largest absolute Gasteiger partial charge is 0.465 e. The van der Waals surface area contributed by atoms with Crippen molar-refractivity contribution in [3.8, 4) is 0 Å². The Morgan fingerprint density at radius 3 is 2.48 bits per heavy atom. The highest BCUT2D eigenvalue weighted by molar-refractivity contribution is 7.16. The first-order valence-corrected chi connectivity index (χ1v) is 10.3. The van der Waals surface area contributed by atoms with E-state index in [1.54, 1.807) is 23.6 Å². The van der Waals surface area contributed by atoms with Crippen LogP contribution in [0.5, 0.6) is 0 Å². The van der Waals surface area contributed by atoms with Gasteiger partial charge in [-0.15, -0.1) is 11.3 Å². The van der Waals surface area contributed by atoms with Crippen molar-refractivity contribution in [1.29, 1.82) is 0 Å². The molecule has 148 valence electrons. The van der Waals surface area contributed by atoms with E-state index in [1.165, 1.54) is 15.5 Å². The van der Waals surface area contributed by atoms with Crippen LogP contribution in [0.3, 0.4) is 0 Å². The molecule has 2 heterocycles. The van der Waals surface area contributed by atoms with Gasteiger partial charge >= 0.3 is 6.09 Å². The highest BCUT2D eigenvalue weighted by Gasteiger charge is 2.41. The zero-order valence-electron chi connectivity index (χ0n) is 17.1. The molecule has 1 aromatic heterocycles. The van der Waals surface area contributed by atoms with Gasteiger partial charge in [-0.05, 0) is 24.8 Å². The standard InChI is InChI=1S/C20H30N4O2S/c1-13(2)11-24(14-7-10-23(12-21-14)18(25)26)17-22-15-16(27-17)20(5,6)9-8-19(15,3)4/h7,10,13H,8-9,11-12H2,1-6H3,(H,25,26). The fourth-order valence-electron chi connectivity index (χ4n) is 3.54. The molecule has 0 aromatic carbocycles. The van der Waals surface area contributed by atoms with Crippen LogP contribution in [-0.2, 0) is 10.8 Å². The van der Waals surface area contributed by atoms with Crippen LogP contribution in [0.2, 0.25) is 0 Å². The maximum atomic E-state index is 11.1. The van der Waals surface area contributed by atoms with Gasteiger partial charge in [-0.2, -0.15) is 0 Å². The molecule has 3 rings (SSSR count). The van der Waals surface area contributed by atoms with Crippen LogP contribution in [0.25, 0.3) is 0 Å². The van der Waals surface area contributed by atoms with Gasteiger partial charge in [0, 0.05) is 28.5 Å². The van der Waals surface area contributed by atoms with E-state index in [0.717, 1.165) is 30.4 Å². The van der Waals surface area contributed by atoms with Crippen molar-refractivity contribution in [2.75, 3.05) is 18.1 Å². The zero-order chi connectivity index (χ0) is 20.0. The highest BCUT2D eigenvalue weighted by Crippen LogP contribution is 2.49. The molecule has 1 amide bonds. The number of fused-ring (bicyclic) bond motifs is 1. The molecule has 6 nitrogen and oxygen atoms in total. The second-order valence-electron chi connectivity index (χ2n) is 9.17. The summed E-state index contributed by atoms with van der Waals surface area (Å²) < 4.78 is 0. The fourth-order valence-corrected chi connectivity index (χ4v) is 4.93. The van der Waals surface area contributed by atoms with Crippen LogP contribution in [0.1, 0.15) is 65.0 Å². The van der Waals surface area contributed by atoms with Gasteiger partial charge in [0.05, 0.1) is 5.69 Å². The molecule has 0 fully saturated rings. The molecule has 2 aliphatic rings. The Hall–Kier alpha value is -1.89. The van der Waals surface area contributed by atoms with Crippen molar-refractivity contribution < 1.29 is 9.90 Å². The SMILES string of the molecule is CC(C)CN(C1=NCN(C(=O)O)C=C1)c1nc2c(s1)C(C)(C)CCC2(C)C. The maximum Gasteiger partial charge on any atom is 0.412 e. The van der Waals surface area contributed by atoms with Gasteiger partial charge in [-0.3, -0.25) is 4.90 Å². The number of carboxylic acid groups (broad SMARTS) is 1. The number of hydrogen-bond acceptors (Lipinski definition) is 5. The van der Waals surface area contributed by atoms with Gasteiger partial charge < -0.3 is 10.0 Å². The lowest BCUT2D eigenvalue weighted by atomic mass is 9.69. The molecule has 0 saturated carbocycles. The van der Waals surface area contributed by atoms with Crippen LogP contribution in [-0.4, -0.2) is 40.1 Å². The number of carbonyl (C=O) groups is 1. The fraction of sp³-hybridized carbons (Fsp3) is 0.650. The third-order valence-electron chi connectivity index (χ3n) is 5.34. The molecule has 1 aliphatic heterocycles. The molecular formula is C20H30N4O2S. The predicted molar refractivity (Wildman–Crippen MR) is 111 cm³/mol. The lowest BCUT2D eigenvalue weighted by Gasteiger charge is -2.37. The minimum atomic E-state index is -0.988. The third-order valence-corrected chi connectivity index (χ3v) is 6.78. The van der Waals surface area contributed by atoms with Crippen molar-refractivity contribution in [2.45, 2.75) is 65.2 Å². The molecule has 27 heavy (non-hydrogen) atoms. The summed E-state index contributed by atoms with van der Waals surface area (Å²) in [6, 6.07) is 0. The second-order valence-corrected chi connectivity index (χ2v) is 10.1. The minimum Gasteiger partial charge on any atom is -0.465 e. The van der Waals surface area contributed by atoms with Crippen molar-refractivity contribution in [3.05, 3.63) is 22.8 Å². The third kappa shape index (κ3) is 3.88. The molecule has 0 bridgehead atoms. The number of nitrogens with zero attached hydrogens (tertiary/aromatic N) is 4. The first-order valence-electron chi connectivity index (χ1n) is 9.53. The summed E-state index contributed by atoms with van der Waals surface area (Å²) in [6.45, 7) is 14.4. The minimum absolute atomic E-state index is 0.0768. The van der Waals surface area contributed by atoms with Gasteiger partial charge in [-0.1, -0.05) is 41.5 Å². The molecule has 1 aliphatic carbocycles. The topological polar surface area (TPSA) is 69.0 Å². The molecule has 7 heteroatoms. The number of rotatable bonds is 3. The van der Waals surface area contributed by atoms with Crippen LogP contribution >= 0.6 is 11.3 Å². The van der Waals surface area contributed by atoms with Crippen LogP contribution in [0.15, 0.2) is 17.3 Å². The van der Waals surface area contributed by atoms with E-state index >= 15 is 0 Å². The Morgan fingerprint density at radius 2 is 1.96 bits per heavy atom. The van der Waals surface area contributed by atoms with E-state index in [9.17, 15) is 4.79 Å². The lowest BCUT2D eigenvalue weighted by Crippen LogP contribution is -2.37. The zero-order valence-corrected chi connectivity index (χ0v) is 17.9. The number of anilines is 1. The Bertz CT molecular complexity index is 758. The highest BCUT2D eigenvalue weighted by atomic mass is 32.1. The number of amides is 1. The summed E-state index contributed by atoms with van der Waals surface area (Å²) in [7, 11) is 0. The average Bonchev–Trinajstić information content (AvgIpc) is 3.05. The van der Waals surface area contributed by atoms with Gasteiger partial charge in [0.1, 0.15) is 12.5 Å². The Balaban J connectivity index is 1.99. The number of amidine groups is 1. The molecule has 0 atom stereocenters. The summed E-state index contributed by atoms with van der Waals surface area (Å²) in [5.41, 5.74) is 1.42. The van der Waals surface area contributed by atoms with E-state index in [2.05, 4.69) is 51.4 Å². The van der Waals surface area contributed by atoms with Crippen molar-refractivity contribution >= 4 is 28.4 Å². The molecular weight excluding hydrogens is 360 g/mol. The normalized spacial score (nSPS) is 20.4. The van der Waals surface area contributed by atoms with E-state index in [0.29, 0.717) is 5.92 Å².